The highest BCUT2D eigenvalue weighted by Crippen LogP contribution is 2.34. The second kappa shape index (κ2) is 9.88. The van der Waals surface area contributed by atoms with Crippen molar-refractivity contribution in [2.45, 2.75) is 37.5 Å². The first kappa shape index (κ1) is 27.0. The Labute approximate surface area is 221 Å². The van der Waals surface area contributed by atoms with Gasteiger partial charge in [-0.1, -0.05) is 0 Å². The topological polar surface area (TPSA) is 122 Å². The maximum Gasteiger partial charge on any atom is 0.390 e. The minimum atomic E-state index is -4.34. The van der Waals surface area contributed by atoms with Gasteiger partial charge in [0.2, 0.25) is 5.03 Å². The van der Waals surface area contributed by atoms with E-state index in [-0.39, 0.29) is 36.8 Å². The van der Waals surface area contributed by atoms with Crippen LogP contribution >= 0.6 is 0 Å². The van der Waals surface area contributed by atoms with Gasteiger partial charge < -0.3 is 4.98 Å². The molecule has 1 saturated heterocycles. The van der Waals surface area contributed by atoms with Crippen LogP contribution in [0.2, 0.25) is 0 Å². The molecule has 0 saturated carbocycles. The van der Waals surface area contributed by atoms with E-state index in [1.54, 1.807) is 35.0 Å². The molecule has 4 heterocycles. The van der Waals surface area contributed by atoms with Crippen molar-refractivity contribution in [3.05, 3.63) is 63.8 Å². The maximum atomic E-state index is 13.3. The van der Waals surface area contributed by atoms with Crippen LogP contribution in [-0.4, -0.2) is 79.7 Å². The highest BCUT2D eigenvalue weighted by molar-refractivity contribution is 7.89. The molecule has 1 atom stereocenters. The van der Waals surface area contributed by atoms with Crippen molar-refractivity contribution < 1.29 is 21.6 Å². The maximum absolute atomic E-state index is 13.3. The molecule has 15 heteroatoms. The van der Waals surface area contributed by atoms with Gasteiger partial charge >= 0.3 is 6.18 Å². The molecule has 1 fully saturated rings. The lowest BCUT2D eigenvalue weighted by atomic mass is 9.96. The summed E-state index contributed by atoms with van der Waals surface area (Å²) in [6, 6.07) is 4.80. The number of hydrogen-bond acceptors (Lipinski definition) is 7. The predicted octanol–water partition coefficient (Wildman–Crippen LogP) is 2.46. The largest absolute Gasteiger partial charge is 0.390 e. The third-order valence-electron chi connectivity index (χ3n) is 6.95. The quantitative estimate of drug-likeness (QED) is 0.382. The molecule has 3 aromatic heterocycles. The number of benzene rings is 1. The summed E-state index contributed by atoms with van der Waals surface area (Å²) in [6.07, 6.45) is -1.01. The summed E-state index contributed by atoms with van der Waals surface area (Å²) in [5, 5.41) is 12.7. The summed E-state index contributed by atoms with van der Waals surface area (Å²) < 4.78 is 68.9. The zero-order chi connectivity index (χ0) is 28.1. The Morgan fingerprint density at radius 1 is 1.08 bits per heavy atom. The minimum absolute atomic E-state index is 0.0258. The van der Waals surface area contributed by atoms with Crippen LogP contribution in [0, 0.1) is 13.8 Å². The molecule has 0 amide bonds. The van der Waals surface area contributed by atoms with E-state index in [1.807, 2.05) is 19.1 Å². The van der Waals surface area contributed by atoms with E-state index in [0.717, 1.165) is 27.5 Å². The van der Waals surface area contributed by atoms with Crippen molar-refractivity contribution >= 4 is 20.9 Å². The molecule has 1 N–H and O–H groups in total. The van der Waals surface area contributed by atoms with Gasteiger partial charge in [0.05, 0.1) is 30.0 Å². The number of alkyl halides is 3. The number of aryl methyl sites for hydroxylation is 3. The Bertz CT molecular complexity index is 1690. The van der Waals surface area contributed by atoms with Crippen LogP contribution < -0.4 is 5.56 Å². The first-order valence-corrected chi connectivity index (χ1v) is 13.6. The number of nitrogens with zero attached hydrogens (tertiary/aromatic N) is 7. The number of piperazine rings is 1. The van der Waals surface area contributed by atoms with Crippen LogP contribution in [0.15, 0.2) is 46.6 Å². The van der Waals surface area contributed by atoms with E-state index in [2.05, 4.69) is 20.3 Å². The van der Waals surface area contributed by atoms with Gasteiger partial charge in [-0.05, 0) is 43.2 Å². The molecule has 0 aliphatic carbocycles. The van der Waals surface area contributed by atoms with E-state index in [4.69, 9.17) is 0 Å². The van der Waals surface area contributed by atoms with Crippen molar-refractivity contribution in [3.8, 4) is 5.69 Å². The fourth-order valence-corrected chi connectivity index (χ4v) is 6.22. The number of aromatic nitrogens is 6. The molecule has 208 valence electrons. The molecular formula is C24H27F3N8O3S. The molecule has 0 spiro atoms. The predicted molar refractivity (Wildman–Crippen MR) is 136 cm³/mol. The summed E-state index contributed by atoms with van der Waals surface area (Å²) in [5.74, 6) is 0. The van der Waals surface area contributed by atoms with Crippen molar-refractivity contribution in [3.63, 3.8) is 0 Å². The van der Waals surface area contributed by atoms with Crippen molar-refractivity contribution in [2.75, 3.05) is 26.2 Å². The van der Waals surface area contributed by atoms with E-state index in [9.17, 15) is 26.4 Å². The van der Waals surface area contributed by atoms with Gasteiger partial charge in [-0.15, -0.1) is 5.10 Å². The van der Waals surface area contributed by atoms with Crippen molar-refractivity contribution in [1.29, 1.82) is 0 Å². The molecule has 39 heavy (non-hydrogen) atoms. The SMILES string of the molecule is Cc1cc2c(cnn2-c2c[nH]c(=O)c(C)c2)cc1C1CN(S(=O)(=O)c2cnn(C)n2)CCN1CCC(F)(F)F. The normalized spacial score (nSPS) is 17.7. The molecule has 11 nitrogen and oxygen atoms in total. The Kier molecular flexibility index (Phi) is 6.84. The van der Waals surface area contributed by atoms with Gasteiger partial charge in [0, 0.05) is 56.4 Å². The number of fused-ring (bicyclic) bond motifs is 1. The number of H-pyrrole nitrogens is 1. The molecule has 1 unspecified atom stereocenters. The number of hydrogen-bond donors (Lipinski definition) is 1. The van der Waals surface area contributed by atoms with E-state index < -0.39 is 28.7 Å². The lowest BCUT2D eigenvalue weighted by molar-refractivity contribution is -0.140. The molecule has 5 rings (SSSR count). The Morgan fingerprint density at radius 2 is 1.85 bits per heavy atom. The summed E-state index contributed by atoms with van der Waals surface area (Å²) in [7, 11) is -2.50. The molecule has 0 radical (unpaired) electrons. The van der Waals surface area contributed by atoms with Gasteiger partial charge in [-0.25, -0.2) is 13.1 Å². The van der Waals surface area contributed by atoms with Gasteiger partial charge in [0.15, 0.2) is 0 Å². The third kappa shape index (κ3) is 5.33. The smallest absolute Gasteiger partial charge is 0.327 e. The number of sulfonamides is 1. The minimum Gasteiger partial charge on any atom is -0.327 e. The summed E-state index contributed by atoms with van der Waals surface area (Å²) in [6.45, 7) is 3.36. The van der Waals surface area contributed by atoms with Crippen LogP contribution in [0.4, 0.5) is 13.2 Å². The molecule has 0 bridgehead atoms. The van der Waals surface area contributed by atoms with Crippen LogP contribution in [-0.2, 0) is 17.1 Å². The average molecular weight is 565 g/mol. The lowest BCUT2D eigenvalue weighted by Crippen LogP contribution is -2.51. The number of halogens is 3. The van der Waals surface area contributed by atoms with Crippen LogP contribution in [0.5, 0.6) is 0 Å². The fourth-order valence-electron chi connectivity index (χ4n) is 4.89. The van der Waals surface area contributed by atoms with Crippen molar-refractivity contribution in [2.24, 2.45) is 7.05 Å². The molecule has 4 aromatic rings. The Hall–Kier alpha value is -3.56. The summed E-state index contributed by atoms with van der Waals surface area (Å²) in [5.41, 5.74) is 3.19. The van der Waals surface area contributed by atoms with E-state index >= 15 is 0 Å². The van der Waals surface area contributed by atoms with E-state index in [1.165, 1.54) is 11.4 Å². The number of pyridine rings is 1. The Balaban J connectivity index is 1.53. The first-order valence-electron chi connectivity index (χ1n) is 12.2. The third-order valence-corrected chi connectivity index (χ3v) is 8.68. The number of aromatic amines is 1. The molecule has 1 aliphatic heterocycles. The lowest BCUT2D eigenvalue weighted by Gasteiger charge is -2.41. The van der Waals surface area contributed by atoms with Gasteiger partial charge in [-0.2, -0.15) is 32.5 Å². The Morgan fingerprint density at radius 3 is 2.51 bits per heavy atom. The van der Waals surface area contributed by atoms with E-state index in [0.29, 0.717) is 16.8 Å². The summed E-state index contributed by atoms with van der Waals surface area (Å²) >= 11 is 0. The molecule has 1 aromatic carbocycles. The van der Waals surface area contributed by atoms with Crippen LogP contribution in [0.1, 0.15) is 29.2 Å². The number of rotatable bonds is 6. The zero-order valence-corrected chi connectivity index (χ0v) is 22.3. The first-order chi connectivity index (χ1) is 18.3. The number of nitrogens with one attached hydrogen (secondary N) is 1. The molecular weight excluding hydrogens is 537 g/mol. The monoisotopic (exact) mass is 564 g/mol. The fraction of sp³-hybridized carbons (Fsp3) is 0.417. The summed E-state index contributed by atoms with van der Waals surface area (Å²) in [4.78, 5) is 17.3. The van der Waals surface area contributed by atoms with Crippen LogP contribution in [0.3, 0.4) is 0 Å². The highest BCUT2D eigenvalue weighted by atomic mass is 32.2. The van der Waals surface area contributed by atoms with Crippen LogP contribution in [0.25, 0.3) is 16.6 Å². The standard InChI is InChI=1S/C24H27F3N8O3S/c1-15-9-20-17(11-30-35(20)18-8-16(2)23(36)28-12-18)10-19(15)21-14-34(7-6-33(21)5-4-24(25,26)27)39(37,38)22-13-29-32(3)31-22/h8-13,21H,4-7,14H2,1-3H3,(H,28,36). The van der Waals surface area contributed by atoms with Gasteiger partial charge in [0.25, 0.3) is 15.6 Å². The zero-order valence-electron chi connectivity index (χ0n) is 21.5. The molecule has 1 aliphatic rings. The highest BCUT2D eigenvalue weighted by Gasteiger charge is 2.38. The average Bonchev–Trinajstić information content (AvgIpc) is 3.50. The van der Waals surface area contributed by atoms with Gasteiger partial charge in [0.1, 0.15) is 0 Å². The van der Waals surface area contributed by atoms with Gasteiger partial charge in [-0.3, -0.25) is 9.69 Å². The second-order valence-corrected chi connectivity index (χ2v) is 11.5. The van der Waals surface area contributed by atoms with Crippen molar-refractivity contribution in [1.82, 2.24) is 39.0 Å². The second-order valence-electron chi connectivity index (χ2n) is 9.65.